The largest absolute Gasteiger partial charge is 0.397 e. The summed E-state index contributed by atoms with van der Waals surface area (Å²) in [4.78, 5) is 2.74. The number of epoxide rings is 1. The van der Waals surface area contributed by atoms with Crippen LogP contribution in [0.1, 0.15) is 6.42 Å². The first-order valence-corrected chi connectivity index (χ1v) is 7.80. The lowest BCUT2D eigenvalue weighted by atomic mass is 10.5. The van der Waals surface area contributed by atoms with Gasteiger partial charge in [-0.15, -0.1) is 0 Å². The van der Waals surface area contributed by atoms with Crippen LogP contribution in [0.15, 0.2) is 5.11 Å². The molecule has 1 atom stereocenters. The van der Waals surface area contributed by atoms with Gasteiger partial charge < -0.3 is 18.3 Å². The van der Waals surface area contributed by atoms with Gasteiger partial charge in [0.15, 0.2) is 0 Å². The first-order chi connectivity index (χ1) is 8.26. The van der Waals surface area contributed by atoms with Crippen molar-refractivity contribution in [3.05, 3.63) is 10.4 Å². The molecule has 1 saturated heterocycles. The third-order valence-electron chi connectivity index (χ3n) is 2.67. The van der Waals surface area contributed by atoms with Crippen LogP contribution in [0.25, 0.3) is 10.4 Å². The molecule has 0 bridgehead atoms. The van der Waals surface area contributed by atoms with Gasteiger partial charge in [0.25, 0.3) is 0 Å². The Balaban J connectivity index is 2.19. The van der Waals surface area contributed by atoms with Crippen LogP contribution in [0.5, 0.6) is 0 Å². The average molecular weight is 261 g/mol. The Bertz CT molecular complexity index is 265. The van der Waals surface area contributed by atoms with E-state index in [4.69, 9.17) is 23.9 Å². The van der Waals surface area contributed by atoms with E-state index in [0.29, 0.717) is 25.5 Å². The predicted molar refractivity (Wildman–Crippen MR) is 63.8 cm³/mol. The zero-order valence-corrected chi connectivity index (χ0v) is 11.3. The molecule has 0 saturated carbocycles. The molecule has 1 unspecified atom stereocenters. The van der Waals surface area contributed by atoms with Crippen LogP contribution in [0.4, 0.5) is 0 Å². The van der Waals surface area contributed by atoms with E-state index in [-0.39, 0.29) is 0 Å². The lowest BCUT2D eigenvalue weighted by Crippen LogP contribution is -2.44. The van der Waals surface area contributed by atoms with Gasteiger partial charge in [0.05, 0.1) is 19.4 Å². The predicted octanol–water partition coefficient (Wildman–Crippen LogP) is 1.38. The minimum atomic E-state index is -2.36. The second-order valence-corrected chi connectivity index (χ2v) is 7.30. The summed E-state index contributed by atoms with van der Waals surface area (Å²) in [6.45, 7) is 2.12. The van der Waals surface area contributed by atoms with Gasteiger partial charge in [0.2, 0.25) is 0 Å². The highest BCUT2D eigenvalue weighted by Gasteiger charge is 2.34. The van der Waals surface area contributed by atoms with Crippen LogP contribution >= 0.6 is 0 Å². The molecule has 1 rings (SSSR count). The van der Waals surface area contributed by atoms with Crippen molar-refractivity contribution >= 4 is 8.56 Å². The first-order valence-electron chi connectivity index (χ1n) is 5.57. The second kappa shape index (κ2) is 7.65. The first kappa shape index (κ1) is 14.4. The highest BCUT2D eigenvalue weighted by molar-refractivity contribution is 6.67. The van der Waals surface area contributed by atoms with Crippen molar-refractivity contribution in [2.24, 2.45) is 5.11 Å². The third kappa shape index (κ3) is 5.49. The molecule has 1 aliphatic rings. The van der Waals surface area contributed by atoms with E-state index in [1.807, 2.05) is 0 Å². The summed E-state index contributed by atoms with van der Waals surface area (Å²) in [7, 11) is 0.840. The molecule has 0 spiro atoms. The van der Waals surface area contributed by atoms with Crippen LogP contribution in [-0.2, 0) is 18.3 Å². The molecule has 0 aromatic heterocycles. The average Bonchev–Trinajstić information content (AvgIpc) is 3.17. The Labute approximate surface area is 102 Å². The molecule has 17 heavy (non-hydrogen) atoms. The van der Waals surface area contributed by atoms with E-state index < -0.39 is 8.56 Å². The molecular formula is C9H19N3O4Si. The number of nitrogens with zero attached hydrogens (tertiary/aromatic N) is 3. The number of rotatable bonds is 10. The Morgan fingerprint density at radius 1 is 1.47 bits per heavy atom. The molecule has 0 radical (unpaired) electrons. The molecule has 98 valence electrons. The molecule has 1 heterocycles. The van der Waals surface area contributed by atoms with Gasteiger partial charge in [-0.25, -0.2) is 0 Å². The fourth-order valence-corrected chi connectivity index (χ4v) is 3.41. The normalized spacial score (nSPS) is 18.8. The monoisotopic (exact) mass is 261 g/mol. The summed E-state index contributed by atoms with van der Waals surface area (Å²) < 4.78 is 21.3. The van der Waals surface area contributed by atoms with Gasteiger partial charge in [0.1, 0.15) is 6.10 Å². The maximum absolute atomic E-state index is 8.33. The smallest absolute Gasteiger partial charge is 0.343 e. The van der Waals surface area contributed by atoms with Gasteiger partial charge in [-0.1, -0.05) is 5.11 Å². The molecule has 1 aliphatic heterocycles. The van der Waals surface area contributed by atoms with Crippen LogP contribution in [0.2, 0.25) is 6.04 Å². The van der Waals surface area contributed by atoms with Crippen molar-refractivity contribution in [1.29, 1.82) is 0 Å². The summed E-state index contributed by atoms with van der Waals surface area (Å²) >= 11 is 0. The molecule has 0 amide bonds. The van der Waals surface area contributed by atoms with E-state index in [1.165, 1.54) is 0 Å². The van der Waals surface area contributed by atoms with Crippen LogP contribution in [0.3, 0.4) is 0 Å². The van der Waals surface area contributed by atoms with Gasteiger partial charge in [-0.2, -0.15) is 0 Å². The SMILES string of the molecule is CO[Si](CCCOCC1CO1)(CN=[N+]=[N-])OC. The number of hydrogen-bond donors (Lipinski definition) is 0. The molecule has 8 heteroatoms. The summed E-state index contributed by atoms with van der Waals surface area (Å²) in [6.07, 6.45) is 1.43. The van der Waals surface area contributed by atoms with Gasteiger partial charge in [-0.05, 0) is 18.0 Å². The van der Waals surface area contributed by atoms with Crippen molar-refractivity contribution in [3.8, 4) is 0 Å². The van der Waals surface area contributed by atoms with Crippen LogP contribution in [0, 0.1) is 0 Å². The quantitative estimate of drug-likeness (QED) is 0.148. The Morgan fingerprint density at radius 2 is 2.18 bits per heavy atom. The second-order valence-electron chi connectivity index (χ2n) is 3.84. The Hall–Kier alpha value is -0.633. The minimum Gasteiger partial charge on any atom is -0.397 e. The zero-order chi connectivity index (χ0) is 12.6. The molecule has 0 aromatic rings. The van der Waals surface area contributed by atoms with Crippen molar-refractivity contribution < 1.29 is 18.3 Å². The molecule has 0 N–H and O–H groups in total. The van der Waals surface area contributed by atoms with Gasteiger partial charge in [-0.3, -0.25) is 0 Å². The molecule has 1 fully saturated rings. The van der Waals surface area contributed by atoms with E-state index >= 15 is 0 Å². The molecule has 0 aromatic carbocycles. The maximum Gasteiger partial charge on any atom is 0.343 e. The Kier molecular flexibility index (Phi) is 6.49. The number of ether oxygens (including phenoxy) is 2. The van der Waals surface area contributed by atoms with E-state index in [9.17, 15) is 0 Å². The summed E-state index contributed by atoms with van der Waals surface area (Å²) in [5.41, 5.74) is 8.33. The van der Waals surface area contributed by atoms with E-state index in [0.717, 1.165) is 19.1 Å². The Morgan fingerprint density at radius 3 is 2.71 bits per heavy atom. The number of hydrogen-bond acceptors (Lipinski definition) is 5. The standard InChI is InChI=1S/C9H19N3O4Si/c1-13-17(14-2,8-11-12-10)5-3-4-15-6-9-7-16-9/h9H,3-8H2,1-2H3. The van der Waals surface area contributed by atoms with Crippen LogP contribution in [-0.4, -0.2) is 54.9 Å². The number of azide groups is 1. The van der Waals surface area contributed by atoms with Gasteiger partial charge >= 0.3 is 8.56 Å². The van der Waals surface area contributed by atoms with Crippen molar-refractivity contribution in [2.75, 3.05) is 40.2 Å². The maximum atomic E-state index is 8.33. The lowest BCUT2D eigenvalue weighted by molar-refractivity contribution is 0.114. The fourth-order valence-electron chi connectivity index (χ4n) is 1.46. The lowest BCUT2D eigenvalue weighted by Gasteiger charge is -2.25. The molecular weight excluding hydrogens is 242 g/mol. The minimum absolute atomic E-state index is 0.294. The summed E-state index contributed by atoms with van der Waals surface area (Å²) in [5, 5.41) is 3.55. The molecule has 7 nitrogen and oxygen atoms in total. The van der Waals surface area contributed by atoms with Crippen molar-refractivity contribution in [1.82, 2.24) is 0 Å². The van der Waals surface area contributed by atoms with E-state index in [1.54, 1.807) is 14.2 Å². The topological polar surface area (TPSA) is 89.0 Å². The highest BCUT2D eigenvalue weighted by Crippen LogP contribution is 2.16. The fraction of sp³-hybridized carbons (Fsp3) is 1.00. The highest BCUT2D eigenvalue weighted by atomic mass is 28.4. The van der Waals surface area contributed by atoms with Crippen LogP contribution < -0.4 is 0 Å². The molecule has 0 aliphatic carbocycles. The summed E-state index contributed by atoms with van der Waals surface area (Å²) in [5.74, 6) is 0. The van der Waals surface area contributed by atoms with Crippen molar-refractivity contribution in [2.45, 2.75) is 18.6 Å². The third-order valence-corrected chi connectivity index (χ3v) is 5.90. The van der Waals surface area contributed by atoms with Crippen molar-refractivity contribution in [3.63, 3.8) is 0 Å². The van der Waals surface area contributed by atoms with Gasteiger partial charge in [0, 0.05) is 25.7 Å². The zero-order valence-electron chi connectivity index (χ0n) is 10.3. The van der Waals surface area contributed by atoms with E-state index in [2.05, 4.69) is 10.0 Å². The summed E-state index contributed by atoms with van der Waals surface area (Å²) in [6, 6.07) is 0.755.